The minimum absolute atomic E-state index is 0.0374. The molecule has 1 aliphatic rings. The number of likely N-dealkylation sites (N-methyl/N-ethyl adjacent to an activating group) is 1. The number of alkyl halides is 3. The first-order valence-electron chi connectivity index (χ1n) is 11.7. The molecule has 4 amide bonds. The third kappa shape index (κ3) is 9.71. The SMILES string of the molecule is CC(C)NC(=O)CC[N+]1(C)CCc2c(sc(NC(=O)Nc3ccc(Cl)cc3)c2C(N)=O)C1.O=C([O-])C(F)(F)F. The summed E-state index contributed by atoms with van der Waals surface area (Å²) in [7, 11) is 2.11. The van der Waals surface area contributed by atoms with Crippen molar-refractivity contribution in [1.29, 1.82) is 0 Å². The van der Waals surface area contributed by atoms with E-state index in [1.807, 2.05) is 13.8 Å². The van der Waals surface area contributed by atoms with Crippen LogP contribution >= 0.6 is 22.9 Å². The molecule has 39 heavy (non-hydrogen) atoms. The summed E-state index contributed by atoms with van der Waals surface area (Å²) in [5.74, 6) is -3.53. The van der Waals surface area contributed by atoms with E-state index in [2.05, 4.69) is 23.0 Å². The first kappa shape index (κ1) is 31.9. The highest BCUT2D eigenvalue weighted by atomic mass is 35.5. The number of nitrogens with one attached hydrogen (secondary N) is 3. The van der Waals surface area contributed by atoms with Crippen LogP contribution in [0.25, 0.3) is 0 Å². The maximum Gasteiger partial charge on any atom is 0.430 e. The molecular formula is C24H29ClF3N5O5S. The van der Waals surface area contributed by atoms with E-state index in [9.17, 15) is 27.6 Å². The van der Waals surface area contributed by atoms with Crippen LogP contribution < -0.4 is 26.8 Å². The minimum atomic E-state index is -5.19. The minimum Gasteiger partial charge on any atom is -0.542 e. The molecule has 1 unspecified atom stereocenters. The molecule has 15 heteroatoms. The number of carbonyl (C=O) groups is 4. The van der Waals surface area contributed by atoms with E-state index in [1.165, 1.54) is 11.3 Å². The van der Waals surface area contributed by atoms with Gasteiger partial charge in [-0.25, -0.2) is 4.79 Å². The van der Waals surface area contributed by atoms with Gasteiger partial charge in [0.05, 0.1) is 37.0 Å². The highest BCUT2D eigenvalue weighted by Crippen LogP contribution is 2.38. The van der Waals surface area contributed by atoms with Crippen molar-refractivity contribution >= 4 is 57.4 Å². The van der Waals surface area contributed by atoms with Gasteiger partial charge in [-0.3, -0.25) is 14.9 Å². The maximum absolute atomic E-state index is 12.5. The van der Waals surface area contributed by atoms with Crippen LogP contribution in [0, 0.1) is 0 Å². The lowest BCUT2D eigenvalue weighted by molar-refractivity contribution is -0.923. The molecule has 1 aromatic carbocycles. The van der Waals surface area contributed by atoms with E-state index in [1.54, 1.807) is 24.3 Å². The van der Waals surface area contributed by atoms with Gasteiger partial charge in [0.2, 0.25) is 5.91 Å². The fourth-order valence-electron chi connectivity index (χ4n) is 3.82. The Bertz CT molecular complexity index is 1220. The van der Waals surface area contributed by atoms with E-state index in [0.717, 1.165) is 17.0 Å². The van der Waals surface area contributed by atoms with E-state index in [-0.39, 0.29) is 11.9 Å². The van der Waals surface area contributed by atoms with E-state index in [0.29, 0.717) is 51.7 Å². The number of fused-ring (bicyclic) bond motifs is 1. The van der Waals surface area contributed by atoms with Gasteiger partial charge >= 0.3 is 12.2 Å². The van der Waals surface area contributed by atoms with Gasteiger partial charge in [-0.2, -0.15) is 13.2 Å². The third-order valence-electron chi connectivity index (χ3n) is 5.65. The van der Waals surface area contributed by atoms with E-state index < -0.39 is 24.1 Å². The Balaban J connectivity index is 0.000000673. The number of primary amides is 1. The Hall–Kier alpha value is -3.36. The number of urea groups is 1. The normalized spacial score (nSPS) is 16.4. The number of benzene rings is 1. The van der Waals surface area contributed by atoms with Gasteiger partial charge in [0.25, 0.3) is 5.91 Å². The van der Waals surface area contributed by atoms with Gasteiger partial charge in [0.15, 0.2) is 0 Å². The zero-order valence-electron chi connectivity index (χ0n) is 21.4. The van der Waals surface area contributed by atoms with Crippen molar-refractivity contribution < 1.29 is 41.9 Å². The lowest BCUT2D eigenvalue weighted by atomic mass is 10.0. The first-order chi connectivity index (χ1) is 18.0. The van der Waals surface area contributed by atoms with Crippen molar-refractivity contribution in [3.8, 4) is 0 Å². The number of anilines is 2. The second-order valence-corrected chi connectivity index (χ2v) is 10.9. The van der Waals surface area contributed by atoms with Crippen molar-refractivity contribution in [2.45, 2.75) is 45.5 Å². The number of thiophene rings is 1. The molecular weight excluding hydrogens is 563 g/mol. The molecule has 0 spiro atoms. The van der Waals surface area contributed by atoms with Crippen molar-refractivity contribution in [1.82, 2.24) is 5.32 Å². The Kier molecular flexibility index (Phi) is 10.7. The summed E-state index contributed by atoms with van der Waals surface area (Å²) in [5, 5.41) is 18.2. The summed E-state index contributed by atoms with van der Waals surface area (Å²) >= 11 is 7.24. The van der Waals surface area contributed by atoms with Crippen LogP contribution in [0.5, 0.6) is 0 Å². The van der Waals surface area contributed by atoms with Crippen molar-refractivity contribution in [2.24, 2.45) is 5.73 Å². The quantitative estimate of drug-likeness (QED) is 0.365. The molecule has 1 aliphatic heterocycles. The molecule has 3 rings (SSSR count). The Morgan fingerprint density at radius 2 is 1.74 bits per heavy atom. The smallest absolute Gasteiger partial charge is 0.430 e. The van der Waals surface area contributed by atoms with Crippen LogP contribution in [-0.2, 0) is 22.6 Å². The van der Waals surface area contributed by atoms with E-state index in [4.69, 9.17) is 27.2 Å². The molecule has 10 nitrogen and oxygen atoms in total. The van der Waals surface area contributed by atoms with Crippen LogP contribution in [0.15, 0.2) is 24.3 Å². The van der Waals surface area contributed by atoms with Gasteiger partial charge < -0.3 is 30.8 Å². The molecule has 0 saturated heterocycles. The van der Waals surface area contributed by atoms with Gasteiger partial charge in [0.1, 0.15) is 17.5 Å². The molecule has 0 radical (unpaired) electrons. The number of amides is 4. The number of aliphatic carboxylic acids is 1. The number of quaternary nitrogens is 1. The van der Waals surface area contributed by atoms with Crippen molar-refractivity contribution in [3.05, 3.63) is 45.3 Å². The average molecular weight is 592 g/mol. The number of halogens is 4. The summed E-state index contributed by atoms with van der Waals surface area (Å²) in [6.45, 7) is 6.04. The van der Waals surface area contributed by atoms with Crippen LogP contribution in [0.4, 0.5) is 28.7 Å². The number of nitrogens with zero attached hydrogens (tertiary/aromatic N) is 1. The molecule has 1 atom stereocenters. The third-order valence-corrected chi connectivity index (χ3v) is 7.04. The van der Waals surface area contributed by atoms with Crippen LogP contribution in [0.2, 0.25) is 5.02 Å². The number of carbonyl (C=O) groups excluding carboxylic acids is 4. The molecule has 214 valence electrons. The zero-order valence-corrected chi connectivity index (χ0v) is 23.0. The largest absolute Gasteiger partial charge is 0.542 e. The molecule has 0 saturated carbocycles. The number of carboxylic acid groups (broad SMARTS) is 1. The summed E-state index contributed by atoms with van der Waals surface area (Å²) in [6.07, 6.45) is -4.10. The number of hydrogen-bond donors (Lipinski definition) is 4. The highest BCUT2D eigenvalue weighted by molar-refractivity contribution is 7.17. The monoisotopic (exact) mass is 591 g/mol. The first-order valence-corrected chi connectivity index (χ1v) is 12.9. The summed E-state index contributed by atoms with van der Waals surface area (Å²) < 4.78 is 32.2. The van der Waals surface area contributed by atoms with Crippen LogP contribution in [0.1, 0.15) is 41.1 Å². The number of carboxylic acids is 1. The lowest BCUT2D eigenvalue weighted by Crippen LogP contribution is -2.49. The maximum atomic E-state index is 12.5. The van der Waals surface area contributed by atoms with Gasteiger partial charge in [-0.05, 0) is 43.7 Å². The second kappa shape index (κ2) is 13.1. The second-order valence-electron chi connectivity index (χ2n) is 9.39. The highest BCUT2D eigenvalue weighted by Gasteiger charge is 2.35. The van der Waals surface area contributed by atoms with E-state index >= 15 is 0 Å². The number of nitrogens with two attached hydrogens (primary N) is 1. The van der Waals surface area contributed by atoms with Gasteiger partial charge in [-0.15, -0.1) is 11.3 Å². The van der Waals surface area contributed by atoms with Crippen LogP contribution in [-0.4, -0.2) is 60.7 Å². The zero-order chi connectivity index (χ0) is 29.5. The predicted octanol–water partition coefficient (Wildman–Crippen LogP) is 2.86. The van der Waals surface area contributed by atoms with Crippen LogP contribution in [0.3, 0.4) is 0 Å². The molecule has 0 aliphatic carbocycles. The molecule has 0 bridgehead atoms. The Labute approximate surface area is 231 Å². The summed E-state index contributed by atoms with van der Waals surface area (Å²) in [5.41, 5.74) is 7.51. The lowest BCUT2D eigenvalue weighted by Gasteiger charge is -2.37. The number of hydrogen-bond acceptors (Lipinski definition) is 6. The average Bonchev–Trinajstić information content (AvgIpc) is 3.15. The molecule has 2 heterocycles. The topological polar surface area (TPSA) is 153 Å². The number of rotatable bonds is 7. The van der Waals surface area contributed by atoms with Gasteiger partial charge in [-0.1, -0.05) is 11.6 Å². The summed E-state index contributed by atoms with van der Waals surface area (Å²) in [4.78, 5) is 46.6. The van der Waals surface area contributed by atoms with Crippen molar-refractivity contribution in [3.63, 3.8) is 0 Å². The Morgan fingerprint density at radius 1 is 1.15 bits per heavy atom. The molecule has 0 fully saturated rings. The summed E-state index contributed by atoms with van der Waals surface area (Å²) in [6, 6.07) is 6.38. The molecule has 5 N–H and O–H groups in total. The Morgan fingerprint density at radius 3 is 2.26 bits per heavy atom. The fraction of sp³-hybridized carbons (Fsp3) is 0.417. The fourth-order valence-corrected chi connectivity index (χ4v) is 5.36. The molecule has 2 aromatic rings. The molecule has 1 aromatic heterocycles. The van der Waals surface area contributed by atoms with Gasteiger partial charge in [0, 0.05) is 23.2 Å². The standard InChI is InChI=1S/C22H28ClN5O3S.C2HF3O2/c1-13(2)25-18(29)9-11-28(3)10-8-16-17(12-28)32-21(19(16)20(24)30)27-22(31)26-15-6-4-14(23)5-7-15;3-2(4,5)1(6)7/h4-7,13H,8-12H2,1-3H3,(H4-,24,25,26,27,29,30,31);(H,6,7). The van der Waals surface area contributed by atoms with Crippen molar-refractivity contribution in [2.75, 3.05) is 30.8 Å². The predicted molar refractivity (Wildman–Crippen MR) is 139 cm³/mol.